The Hall–Kier alpha value is -2.40. The average Bonchev–Trinajstić information content (AvgIpc) is 3.28. The molecule has 0 aliphatic carbocycles. The first-order valence-corrected chi connectivity index (χ1v) is 9.33. The van der Waals surface area contributed by atoms with Crippen LogP contribution in [0, 0.1) is 0 Å². The van der Waals surface area contributed by atoms with Crippen molar-refractivity contribution < 1.29 is 4.74 Å². The van der Waals surface area contributed by atoms with Gasteiger partial charge in [-0.1, -0.05) is 50.6 Å². The van der Waals surface area contributed by atoms with Crippen molar-refractivity contribution in [3.63, 3.8) is 0 Å². The molecule has 5 nitrogen and oxygen atoms in total. The van der Waals surface area contributed by atoms with Crippen LogP contribution in [0.2, 0.25) is 0 Å². The number of nitrogens with zero attached hydrogens (tertiary/aromatic N) is 4. The number of aromatic nitrogens is 4. The first kappa shape index (κ1) is 18.4. The zero-order valence-corrected chi connectivity index (χ0v) is 15.9. The fourth-order valence-electron chi connectivity index (χ4n) is 3.47. The Morgan fingerprint density at radius 3 is 2.65 bits per heavy atom. The molecular formula is C21H28N4O. The van der Waals surface area contributed by atoms with E-state index in [1.807, 2.05) is 24.9 Å². The lowest BCUT2D eigenvalue weighted by molar-refractivity contribution is 0.186. The van der Waals surface area contributed by atoms with Crippen molar-refractivity contribution in [1.82, 2.24) is 19.1 Å². The van der Waals surface area contributed by atoms with Gasteiger partial charge in [0.1, 0.15) is 0 Å². The molecule has 5 heteroatoms. The molecule has 0 fully saturated rings. The Bertz CT molecular complexity index is 807. The summed E-state index contributed by atoms with van der Waals surface area (Å²) in [4.78, 5) is 9.09. The van der Waals surface area contributed by atoms with Gasteiger partial charge in [0.05, 0.1) is 37.2 Å². The normalized spacial score (nSPS) is 12.4. The molecule has 0 amide bonds. The van der Waals surface area contributed by atoms with E-state index < -0.39 is 0 Å². The third-order valence-electron chi connectivity index (χ3n) is 4.78. The Balaban J connectivity index is 1.94. The Labute approximate surface area is 155 Å². The van der Waals surface area contributed by atoms with Crippen molar-refractivity contribution >= 4 is 0 Å². The van der Waals surface area contributed by atoms with Gasteiger partial charge in [0.25, 0.3) is 0 Å². The molecule has 3 aromatic rings. The highest BCUT2D eigenvalue weighted by atomic mass is 16.5. The second-order valence-electron chi connectivity index (χ2n) is 6.73. The molecule has 0 unspecified atom stereocenters. The zero-order valence-electron chi connectivity index (χ0n) is 15.9. The van der Waals surface area contributed by atoms with E-state index in [1.54, 1.807) is 7.11 Å². The van der Waals surface area contributed by atoms with Gasteiger partial charge in [-0.3, -0.25) is 0 Å². The highest BCUT2D eigenvalue weighted by molar-refractivity contribution is 5.62. The van der Waals surface area contributed by atoms with Crippen LogP contribution in [0.15, 0.2) is 49.2 Å². The minimum absolute atomic E-state index is 0.452. The maximum atomic E-state index is 5.21. The van der Waals surface area contributed by atoms with Crippen molar-refractivity contribution in [2.45, 2.75) is 45.7 Å². The van der Waals surface area contributed by atoms with E-state index in [1.165, 1.54) is 17.0 Å². The third-order valence-corrected chi connectivity index (χ3v) is 4.78. The number of ether oxygens (including phenoxy) is 1. The van der Waals surface area contributed by atoms with E-state index in [-0.39, 0.29) is 0 Å². The number of imidazole rings is 2. The highest BCUT2D eigenvalue weighted by Crippen LogP contribution is 2.31. The lowest BCUT2D eigenvalue weighted by Crippen LogP contribution is -2.12. The molecule has 1 aromatic carbocycles. The van der Waals surface area contributed by atoms with Gasteiger partial charge in [0.2, 0.25) is 0 Å². The topological polar surface area (TPSA) is 44.9 Å². The quantitative estimate of drug-likeness (QED) is 0.575. The van der Waals surface area contributed by atoms with Gasteiger partial charge in [-0.05, 0) is 12.3 Å². The van der Waals surface area contributed by atoms with Crippen molar-refractivity contribution in [2.24, 2.45) is 0 Å². The predicted octanol–water partition coefficient (Wildman–Crippen LogP) is 4.34. The van der Waals surface area contributed by atoms with Crippen molar-refractivity contribution in [1.29, 1.82) is 0 Å². The summed E-state index contributed by atoms with van der Waals surface area (Å²) < 4.78 is 9.64. The minimum Gasteiger partial charge on any atom is -0.383 e. The monoisotopic (exact) mass is 352 g/mol. The van der Waals surface area contributed by atoms with Gasteiger partial charge in [-0.2, -0.15) is 0 Å². The first-order chi connectivity index (χ1) is 12.7. The van der Waals surface area contributed by atoms with Crippen molar-refractivity contribution in [2.75, 3.05) is 13.7 Å². The summed E-state index contributed by atoms with van der Waals surface area (Å²) in [7, 11) is 1.73. The second kappa shape index (κ2) is 8.81. The fourth-order valence-corrected chi connectivity index (χ4v) is 3.47. The van der Waals surface area contributed by atoms with E-state index in [0.29, 0.717) is 12.5 Å². The standard InChI is InChI=1S/C21H28N4O/c1-4-8-17(2)21-20(18-9-6-5-7-10-18)23-16-25(21)14-19-13-22-15-24(19)11-12-26-3/h5-7,9-10,13,15-17H,4,8,11-12,14H2,1-3H3/t17-/m0/s1. The molecule has 0 saturated carbocycles. The highest BCUT2D eigenvalue weighted by Gasteiger charge is 2.19. The largest absolute Gasteiger partial charge is 0.383 e. The molecule has 2 heterocycles. The van der Waals surface area contributed by atoms with Crippen LogP contribution in [0.5, 0.6) is 0 Å². The summed E-state index contributed by atoms with van der Waals surface area (Å²) in [5.41, 5.74) is 4.74. The number of hydrogen-bond donors (Lipinski definition) is 0. The van der Waals surface area contributed by atoms with Gasteiger partial charge in [-0.15, -0.1) is 0 Å². The van der Waals surface area contributed by atoms with E-state index in [0.717, 1.165) is 31.6 Å². The number of benzene rings is 1. The molecule has 0 saturated heterocycles. The van der Waals surface area contributed by atoms with Gasteiger partial charge in [0, 0.05) is 31.1 Å². The van der Waals surface area contributed by atoms with Crippen LogP contribution in [-0.4, -0.2) is 32.8 Å². The molecule has 1 atom stereocenters. The predicted molar refractivity (Wildman–Crippen MR) is 104 cm³/mol. The SMILES string of the molecule is CCC[C@H](C)c1c(-c2ccccc2)ncn1Cc1cncn1CCOC. The molecule has 138 valence electrons. The summed E-state index contributed by atoms with van der Waals surface area (Å²) in [5.74, 6) is 0.452. The maximum Gasteiger partial charge on any atom is 0.0959 e. The summed E-state index contributed by atoms with van der Waals surface area (Å²) in [6.45, 7) is 6.80. The van der Waals surface area contributed by atoms with Gasteiger partial charge < -0.3 is 13.9 Å². The van der Waals surface area contributed by atoms with Crippen molar-refractivity contribution in [3.05, 3.63) is 60.6 Å². The van der Waals surface area contributed by atoms with Crippen LogP contribution in [-0.2, 0) is 17.8 Å². The molecule has 0 aliphatic heterocycles. The zero-order chi connectivity index (χ0) is 18.4. The van der Waals surface area contributed by atoms with E-state index in [2.05, 4.69) is 52.2 Å². The maximum absolute atomic E-state index is 5.21. The summed E-state index contributed by atoms with van der Waals surface area (Å²) >= 11 is 0. The molecule has 0 aliphatic rings. The third kappa shape index (κ3) is 4.05. The smallest absolute Gasteiger partial charge is 0.0959 e. The summed E-state index contributed by atoms with van der Waals surface area (Å²) in [6.07, 6.45) is 8.09. The van der Waals surface area contributed by atoms with E-state index in [9.17, 15) is 0 Å². The molecule has 0 N–H and O–H groups in total. The number of rotatable bonds is 9. The van der Waals surface area contributed by atoms with Crippen LogP contribution >= 0.6 is 0 Å². The molecule has 0 spiro atoms. The summed E-state index contributed by atoms with van der Waals surface area (Å²) in [6, 6.07) is 10.5. The minimum atomic E-state index is 0.452. The van der Waals surface area contributed by atoms with Gasteiger partial charge in [0.15, 0.2) is 0 Å². The summed E-state index contributed by atoms with van der Waals surface area (Å²) in [5, 5.41) is 0. The Kier molecular flexibility index (Phi) is 6.23. The van der Waals surface area contributed by atoms with E-state index >= 15 is 0 Å². The van der Waals surface area contributed by atoms with Gasteiger partial charge in [-0.25, -0.2) is 9.97 Å². The Morgan fingerprint density at radius 1 is 1.12 bits per heavy atom. The number of methoxy groups -OCH3 is 1. The van der Waals surface area contributed by atoms with Crippen LogP contribution < -0.4 is 0 Å². The fraction of sp³-hybridized carbons (Fsp3) is 0.429. The Morgan fingerprint density at radius 2 is 1.92 bits per heavy atom. The molecule has 3 rings (SSSR count). The van der Waals surface area contributed by atoms with Crippen LogP contribution in [0.3, 0.4) is 0 Å². The first-order valence-electron chi connectivity index (χ1n) is 9.33. The van der Waals surface area contributed by atoms with Gasteiger partial charge >= 0.3 is 0 Å². The molecule has 26 heavy (non-hydrogen) atoms. The van der Waals surface area contributed by atoms with E-state index in [4.69, 9.17) is 9.72 Å². The lowest BCUT2D eigenvalue weighted by Gasteiger charge is -2.17. The molecule has 0 radical (unpaired) electrons. The molecule has 2 aromatic heterocycles. The van der Waals surface area contributed by atoms with Crippen LogP contribution in [0.25, 0.3) is 11.3 Å². The lowest BCUT2D eigenvalue weighted by atomic mass is 9.97. The molecular weight excluding hydrogens is 324 g/mol. The number of hydrogen-bond acceptors (Lipinski definition) is 3. The molecule has 0 bridgehead atoms. The van der Waals surface area contributed by atoms with Crippen molar-refractivity contribution in [3.8, 4) is 11.3 Å². The second-order valence-corrected chi connectivity index (χ2v) is 6.73. The van der Waals surface area contributed by atoms with Crippen LogP contribution in [0.4, 0.5) is 0 Å². The van der Waals surface area contributed by atoms with Crippen LogP contribution in [0.1, 0.15) is 44.0 Å². The average molecular weight is 352 g/mol.